The van der Waals surface area contributed by atoms with Gasteiger partial charge in [0.1, 0.15) is 11.6 Å². The minimum atomic E-state index is -4.52. The first kappa shape index (κ1) is 20.6. The Kier molecular flexibility index (Phi) is 5.22. The number of imidazole rings is 1. The van der Waals surface area contributed by atoms with Gasteiger partial charge in [-0.3, -0.25) is 4.57 Å². The van der Waals surface area contributed by atoms with E-state index < -0.39 is 23.5 Å². The zero-order chi connectivity index (χ0) is 22.2. The van der Waals surface area contributed by atoms with Crippen LogP contribution < -0.4 is 0 Å². The van der Waals surface area contributed by atoms with Crippen LogP contribution in [-0.4, -0.2) is 22.1 Å². The number of fused-ring (bicyclic) bond motifs is 1. The first-order valence-corrected chi connectivity index (χ1v) is 9.41. The van der Waals surface area contributed by atoms with E-state index in [1.807, 2.05) is 0 Å². The van der Waals surface area contributed by atoms with Crippen LogP contribution in [0.1, 0.15) is 22.8 Å². The van der Waals surface area contributed by atoms with Gasteiger partial charge in [-0.05, 0) is 67.6 Å². The van der Waals surface area contributed by atoms with E-state index in [9.17, 15) is 22.4 Å². The minimum absolute atomic E-state index is 0.121. The number of alkyl halides is 3. The maximum atomic E-state index is 13.4. The fourth-order valence-corrected chi connectivity index (χ4v) is 3.30. The average molecular weight is 428 g/mol. The van der Waals surface area contributed by atoms with Crippen LogP contribution in [0.2, 0.25) is 0 Å². The smallest absolute Gasteiger partial charge is 0.416 e. The molecule has 4 aromatic rings. The van der Waals surface area contributed by atoms with E-state index in [2.05, 4.69) is 4.98 Å². The Labute approximate surface area is 174 Å². The predicted octanol–water partition coefficient (Wildman–Crippen LogP) is 6.03. The Balaban J connectivity index is 1.96. The van der Waals surface area contributed by atoms with Crippen molar-refractivity contribution in [2.24, 2.45) is 0 Å². The van der Waals surface area contributed by atoms with Gasteiger partial charge in [0.2, 0.25) is 0 Å². The topological polar surface area (TPSA) is 44.1 Å². The quantitative estimate of drug-likeness (QED) is 0.295. The monoisotopic (exact) mass is 428 g/mol. The molecule has 0 aliphatic rings. The lowest BCUT2D eigenvalue weighted by Gasteiger charge is -2.12. The summed E-state index contributed by atoms with van der Waals surface area (Å²) in [6.45, 7) is 1.90. The molecule has 31 heavy (non-hydrogen) atoms. The van der Waals surface area contributed by atoms with E-state index >= 15 is 0 Å². The Morgan fingerprint density at radius 1 is 1.03 bits per heavy atom. The molecular formula is C23H16F4N2O2. The second-order valence-electron chi connectivity index (χ2n) is 6.75. The highest BCUT2D eigenvalue weighted by molar-refractivity contribution is 5.91. The molecule has 4 rings (SSSR count). The van der Waals surface area contributed by atoms with Gasteiger partial charge in [-0.25, -0.2) is 14.2 Å². The number of aromatic nitrogens is 2. The Hall–Kier alpha value is -3.68. The van der Waals surface area contributed by atoms with Gasteiger partial charge in [0.15, 0.2) is 0 Å². The number of nitrogens with zero attached hydrogens (tertiary/aromatic N) is 2. The van der Waals surface area contributed by atoms with E-state index in [0.717, 1.165) is 12.1 Å². The average Bonchev–Trinajstić information content (AvgIpc) is 3.12. The number of halogens is 4. The Morgan fingerprint density at radius 2 is 1.77 bits per heavy atom. The molecule has 8 heteroatoms. The van der Waals surface area contributed by atoms with E-state index in [-0.39, 0.29) is 17.7 Å². The summed E-state index contributed by atoms with van der Waals surface area (Å²) >= 11 is 0. The second-order valence-corrected chi connectivity index (χ2v) is 6.75. The van der Waals surface area contributed by atoms with Crippen LogP contribution in [0.3, 0.4) is 0 Å². The molecule has 3 aromatic carbocycles. The maximum Gasteiger partial charge on any atom is 0.416 e. The van der Waals surface area contributed by atoms with Crippen LogP contribution in [0.4, 0.5) is 17.6 Å². The molecule has 0 saturated carbocycles. The molecule has 0 bridgehead atoms. The Morgan fingerprint density at radius 3 is 2.45 bits per heavy atom. The van der Waals surface area contributed by atoms with Crippen LogP contribution in [-0.2, 0) is 10.9 Å². The standard InChI is InChI=1S/C23H16F4N2O2/c1-2-31-22(30)15-4-3-5-18(12-15)29-20-11-8-16(23(25,26)27)13-19(20)28-21(29)14-6-9-17(24)10-7-14/h3-13H,2H2,1H3. The summed E-state index contributed by atoms with van der Waals surface area (Å²) in [5.41, 5.74) is 1.01. The lowest BCUT2D eigenvalue weighted by atomic mass is 10.1. The van der Waals surface area contributed by atoms with Crippen molar-refractivity contribution in [3.63, 3.8) is 0 Å². The molecule has 0 aliphatic heterocycles. The summed E-state index contributed by atoms with van der Waals surface area (Å²) in [6.07, 6.45) is -4.52. The zero-order valence-electron chi connectivity index (χ0n) is 16.3. The SMILES string of the molecule is CCOC(=O)c1cccc(-n2c(-c3ccc(F)cc3)nc3cc(C(F)(F)F)ccc32)c1. The third-order valence-corrected chi connectivity index (χ3v) is 4.70. The molecule has 0 unspecified atom stereocenters. The predicted molar refractivity (Wildman–Crippen MR) is 107 cm³/mol. The van der Waals surface area contributed by atoms with Crippen LogP contribution in [0.25, 0.3) is 28.1 Å². The fourth-order valence-electron chi connectivity index (χ4n) is 3.30. The van der Waals surface area contributed by atoms with Crippen molar-refractivity contribution < 1.29 is 27.1 Å². The van der Waals surface area contributed by atoms with Gasteiger partial charge in [-0.1, -0.05) is 6.07 Å². The number of ether oxygens (including phenoxy) is 1. The summed E-state index contributed by atoms with van der Waals surface area (Å²) in [4.78, 5) is 16.6. The highest BCUT2D eigenvalue weighted by Gasteiger charge is 2.31. The second kappa shape index (κ2) is 7.86. The van der Waals surface area contributed by atoms with Crippen molar-refractivity contribution in [1.29, 1.82) is 0 Å². The molecule has 0 fully saturated rings. The van der Waals surface area contributed by atoms with Gasteiger partial charge >= 0.3 is 12.1 Å². The lowest BCUT2D eigenvalue weighted by Crippen LogP contribution is -2.06. The highest BCUT2D eigenvalue weighted by atomic mass is 19.4. The normalized spacial score (nSPS) is 11.6. The summed E-state index contributed by atoms with van der Waals surface area (Å²) in [6, 6.07) is 15.3. The van der Waals surface area contributed by atoms with E-state index in [1.165, 1.54) is 30.3 Å². The molecule has 0 atom stereocenters. The molecule has 0 N–H and O–H groups in total. The zero-order valence-corrected chi connectivity index (χ0v) is 16.3. The first-order valence-electron chi connectivity index (χ1n) is 9.41. The number of carbonyl (C=O) groups is 1. The number of rotatable bonds is 4. The third kappa shape index (κ3) is 4.01. The van der Waals surface area contributed by atoms with Crippen molar-refractivity contribution in [3.8, 4) is 17.1 Å². The lowest BCUT2D eigenvalue weighted by molar-refractivity contribution is -0.137. The van der Waals surface area contributed by atoms with Crippen molar-refractivity contribution in [2.75, 3.05) is 6.61 Å². The molecule has 0 amide bonds. The van der Waals surface area contributed by atoms with Crippen LogP contribution in [0.5, 0.6) is 0 Å². The van der Waals surface area contributed by atoms with Crippen LogP contribution in [0.15, 0.2) is 66.7 Å². The number of esters is 1. The van der Waals surface area contributed by atoms with Crippen molar-refractivity contribution in [1.82, 2.24) is 9.55 Å². The fraction of sp³-hybridized carbons (Fsp3) is 0.130. The number of hydrogen-bond acceptors (Lipinski definition) is 3. The van der Waals surface area contributed by atoms with Crippen molar-refractivity contribution >= 4 is 17.0 Å². The molecule has 0 saturated heterocycles. The van der Waals surface area contributed by atoms with Crippen LogP contribution >= 0.6 is 0 Å². The van der Waals surface area contributed by atoms with Crippen molar-refractivity contribution in [3.05, 3.63) is 83.7 Å². The van der Waals surface area contributed by atoms with E-state index in [1.54, 1.807) is 35.8 Å². The highest BCUT2D eigenvalue weighted by Crippen LogP contribution is 2.34. The van der Waals surface area contributed by atoms with Crippen LogP contribution in [0, 0.1) is 5.82 Å². The maximum absolute atomic E-state index is 13.4. The van der Waals surface area contributed by atoms with E-state index in [4.69, 9.17) is 4.74 Å². The molecule has 0 spiro atoms. The molecule has 0 aliphatic carbocycles. The molecule has 4 nitrogen and oxygen atoms in total. The number of hydrogen-bond donors (Lipinski definition) is 0. The van der Waals surface area contributed by atoms with Gasteiger partial charge in [0.25, 0.3) is 0 Å². The van der Waals surface area contributed by atoms with Gasteiger partial charge in [-0.15, -0.1) is 0 Å². The number of benzene rings is 3. The molecular weight excluding hydrogens is 412 g/mol. The molecule has 1 heterocycles. The van der Waals surface area contributed by atoms with Crippen molar-refractivity contribution in [2.45, 2.75) is 13.1 Å². The van der Waals surface area contributed by atoms with Gasteiger partial charge in [0, 0.05) is 11.3 Å². The largest absolute Gasteiger partial charge is 0.462 e. The Bertz CT molecular complexity index is 1260. The summed E-state index contributed by atoms with van der Waals surface area (Å²) in [5, 5.41) is 0. The van der Waals surface area contributed by atoms with Gasteiger partial charge in [-0.2, -0.15) is 13.2 Å². The summed E-state index contributed by atoms with van der Waals surface area (Å²) < 4.78 is 59.7. The minimum Gasteiger partial charge on any atom is -0.462 e. The molecule has 0 radical (unpaired) electrons. The number of carbonyl (C=O) groups excluding carboxylic acids is 1. The summed E-state index contributed by atoms with van der Waals surface area (Å²) in [7, 11) is 0. The third-order valence-electron chi connectivity index (χ3n) is 4.70. The van der Waals surface area contributed by atoms with Gasteiger partial charge in [0.05, 0.1) is 28.8 Å². The summed E-state index contributed by atoms with van der Waals surface area (Å²) in [5.74, 6) is -0.651. The molecule has 1 aromatic heterocycles. The van der Waals surface area contributed by atoms with E-state index in [0.29, 0.717) is 22.6 Å². The van der Waals surface area contributed by atoms with Gasteiger partial charge < -0.3 is 4.74 Å². The molecule has 158 valence electrons. The first-order chi connectivity index (χ1) is 14.8.